The fourth-order valence-electron chi connectivity index (χ4n) is 2.36. The minimum atomic E-state index is -0.364. The Hall–Kier alpha value is -1.31. The first-order chi connectivity index (χ1) is 15.2. The summed E-state index contributed by atoms with van der Waals surface area (Å²) in [5.41, 5.74) is 0.0382. The van der Waals surface area contributed by atoms with Crippen LogP contribution in [0.3, 0.4) is 0 Å². The first-order valence-electron chi connectivity index (χ1n) is 12.3. The van der Waals surface area contributed by atoms with Gasteiger partial charge in [0.05, 0.1) is 18.1 Å². The Bertz CT molecular complexity index is 477. The molecule has 7 nitrogen and oxygen atoms in total. The monoisotopic (exact) mass is 475 g/mol. The van der Waals surface area contributed by atoms with E-state index in [9.17, 15) is 14.4 Å². The maximum Gasteiger partial charge on any atom is 0.237 e. The number of aldehydes is 1. The van der Waals surface area contributed by atoms with Gasteiger partial charge in [-0.25, -0.2) is 0 Å². The number of amides is 1. The topological polar surface area (TPSA) is 98.7 Å². The van der Waals surface area contributed by atoms with E-state index < -0.39 is 0 Å². The Labute approximate surface area is 205 Å². The molecule has 0 radical (unpaired) electrons. The number of ketones is 1. The molecule has 0 spiro atoms. The number of nitrogens with zero attached hydrogens (tertiary/aromatic N) is 1. The zero-order valence-electron chi connectivity index (χ0n) is 24.0. The molecule has 3 N–H and O–H groups in total. The van der Waals surface area contributed by atoms with Crippen molar-refractivity contribution in [3.63, 3.8) is 0 Å². The van der Waals surface area contributed by atoms with Gasteiger partial charge < -0.3 is 20.5 Å². The molecule has 1 aliphatic heterocycles. The molecule has 0 aromatic rings. The number of hydrogen-bond donors (Lipinski definition) is 3. The number of hydrogen-bond acceptors (Lipinski definition) is 6. The van der Waals surface area contributed by atoms with Gasteiger partial charge in [0.1, 0.15) is 6.29 Å². The summed E-state index contributed by atoms with van der Waals surface area (Å²) >= 11 is 0. The molecule has 3 unspecified atom stereocenters. The number of rotatable bonds is 6. The summed E-state index contributed by atoms with van der Waals surface area (Å²) in [6, 6.07) is -0.439. The second kappa shape index (κ2) is 23.8. The molecule has 1 amide bonds. The van der Waals surface area contributed by atoms with Crippen LogP contribution in [0, 0.1) is 11.3 Å². The Morgan fingerprint density at radius 1 is 1.12 bits per heavy atom. The van der Waals surface area contributed by atoms with E-state index in [4.69, 9.17) is 5.11 Å². The molecule has 3 atom stereocenters. The summed E-state index contributed by atoms with van der Waals surface area (Å²) in [5, 5.41) is 12.6. The molecule has 1 saturated heterocycles. The van der Waals surface area contributed by atoms with Crippen molar-refractivity contribution in [3.05, 3.63) is 0 Å². The van der Waals surface area contributed by atoms with Crippen molar-refractivity contribution in [2.75, 3.05) is 27.7 Å². The Morgan fingerprint density at radius 3 is 1.73 bits per heavy atom. The molecular weight excluding hydrogens is 418 g/mol. The molecule has 1 fully saturated rings. The average molecular weight is 476 g/mol. The molecule has 200 valence electrons. The molecule has 1 heterocycles. The lowest BCUT2D eigenvalue weighted by Crippen LogP contribution is -2.46. The Morgan fingerprint density at radius 2 is 1.55 bits per heavy atom. The fourth-order valence-corrected chi connectivity index (χ4v) is 2.36. The van der Waals surface area contributed by atoms with Gasteiger partial charge in [0.15, 0.2) is 5.78 Å². The van der Waals surface area contributed by atoms with Crippen molar-refractivity contribution in [2.24, 2.45) is 11.3 Å². The molecule has 7 heteroatoms. The third kappa shape index (κ3) is 23.6. The highest BCUT2D eigenvalue weighted by Crippen LogP contribution is 2.16. The first-order valence-corrected chi connectivity index (χ1v) is 12.3. The lowest BCUT2D eigenvalue weighted by molar-refractivity contribution is -0.129. The van der Waals surface area contributed by atoms with Gasteiger partial charge in [-0.3, -0.25) is 14.5 Å². The van der Waals surface area contributed by atoms with Gasteiger partial charge in [-0.1, -0.05) is 68.2 Å². The number of aliphatic hydroxyl groups is 1. The first kappa shape index (κ1) is 38.9. The lowest BCUT2D eigenvalue weighted by atomic mass is 9.88. The van der Waals surface area contributed by atoms with E-state index in [1.807, 2.05) is 32.7 Å². The van der Waals surface area contributed by atoms with E-state index >= 15 is 0 Å². The summed E-state index contributed by atoms with van der Waals surface area (Å²) in [5.74, 6) is 0.863. The normalized spacial score (nSPS) is 16.8. The van der Waals surface area contributed by atoms with Crippen LogP contribution in [0.1, 0.15) is 94.9 Å². The summed E-state index contributed by atoms with van der Waals surface area (Å²) in [4.78, 5) is 35.0. The van der Waals surface area contributed by atoms with Gasteiger partial charge >= 0.3 is 0 Å². The molecular formula is C26H57N3O4. The van der Waals surface area contributed by atoms with Gasteiger partial charge in [-0.2, -0.15) is 0 Å². The predicted molar refractivity (Wildman–Crippen MR) is 142 cm³/mol. The molecule has 0 aromatic carbocycles. The Kier molecular flexibility index (Phi) is 28.1. The molecule has 1 aliphatic rings. The summed E-state index contributed by atoms with van der Waals surface area (Å²) in [6.45, 7) is 21.2. The zero-order chi connectivity index (χ0) is 27.2. The van der Waals surface area contributed by atoms with Crippen LogP contribution in [0.4, 0.5) is 0 Å². The van der Waals surface area contributed by atoms with Gasteiger partial charge in [-0.15, -0.1) is 0 Å². The number of carbonyl (C=O) groups excluding carboxylic acids is 3. The Balaban J connectivity index is -0.000000190. The quantitative estimate of drug-likeness (QED) is 0.501. The second-order valence-corrected chi connectivity index (χ2v) is 9.76. The summed E-state index contributed by atoms with van der Waals surface area (Å²) in [7, 11) is 4.74. The lowest BCUT2D eigenvalue weighted by Gasteiger charge is -2.24. The van der Waals surface area contributed by atoms with Crippen LogP contribution in [-0.4, -0.2) is 73.9 Å². The standard InChI is InChI=1S/C10H18N2O2.C7H15NO.C5H12.C3H8.CH4O/c1-7(8(2)13)11-10(14)9-5-4-6-12(9)3;1-7(2,3)6(5-9)8-4;1-4-5(2)3;1-3-2;1-2/h7,9H,4-6H2,1-3H3,(H,11,14);5-6,8H,1-4H3;5H,4H2,1-3H3;3H2,1-2H3;2H,1H3. The highest BCUT2D eigenvalue weighted by molar-refractivity contribution is 5.89. The van der Waals surface area contributed by atoms with Crippen molar-refractivity contribution in [3.8, 4) is 0 Å². The third-order valence-electron chi connectivity index (χ3n) is 4.99. The van der Waals surface area contributed by atoms with Gasteiger partial charge in [0.2, 0.25) is 5.91 Å². The van der Waals surface area contributed by atoms with Crippen molar-refractivity contribution in [1.82, 2.24) is 15.5 Å². The number of likely N-dealkylation sites (tertiary alicyclic amines) is 1. The maximum atomic E-state index is 11.7. The predicted octanol–water partition coefficient (Wildman–Crippen LogP) is 4.07. The number of aliphatic hydroxyl groups excluding tert-OH is 1. The van der Waals surface area contributed by atoms with Crippen molar-refractivity contribution in [1.29, 1.82) is 0 Å². The number of Topliss-reactive ketones (excluding diaryl/α,β-unsaturated/α-hetero) is 1. The minimum absolute atomic E-state index is 0.000926. The molecule has 1 rings (SSSR count). The maximum absolute atomic E-state index is 11.7. The molecule has 33 heavy (non-hydrogen) atoms. The van der Waals surface area contributed by atoms with Crippen LogP contribution < -0.4 is 10.6 Å². The van der Waals surface area contributed by atoms with Crippen molar-refractivity contribution in [2.45, 2.75) is 113 Å². The van der Waals surface area contributed by atoms with Gasteiger partial charge in [0.25, 0.3) is 0 Å². The number of nitrogens with one attached hydrogen (secondary N) is 2. The van der Waals surface area contributed by atoms with E-state index in [0.717, 1.165) is 38.7 Å². The fraction of sp³-hybridized carbons (Fsp3) is 0.885. The highest BCUT2D eigenvalue weighted by Gasteiger charge is 2.28. The van der Waals surface area contributed by atoms with E-state index in [1.54, 1.807) is 14.0 Å². The largest absolute Gasteiger partial charge is 0.400 e. The van der Waals surface area contributed by atoms with E-state index in [-0.39, 0.29) is 35.2 Å². The molecule has 0 aliphatic carbocycles. The SMILES string of the molecule is CC(=O)C(C)NC(=O)C1CCCN1C.CCC.CCC(C)C.CNC(C=O)C(C)(C)C.CO. The van der Waals surface area contributed by atoms with Crippen LogP contribution in [0.15, 0.2) is 0 Å². The van der Waals surface area contributed by atoms with Crippen molar-refractivity contribution < 1.29 is 19.5 Å². The van der Waals surface area contributed by atoms with Crippen LogP contribution in [0.2, 0.25) is 0 Å². The van der Waals surface area contributed by atoms with E-state index in [2.05, 4.69) is 45.3 Å². The highest BCUT2D eigenvalue weighted by atomic mass is 16.2. The number of likely N-dealkylation sites (N-methyl/N-ethyl adjacent to an activating group) is 2. The van der Waals surface area contributed by atoms with Gasteiger partial charge in [0, 0.05) is 7.11 Å². The summed E-state index contributed by atoms with van der Waals surface area (Å²) < 4.78 is 0. The van der Waals surface area contributed by atoms with E-state index in [1.165, 1.54) is 19.8 Å². The summed E-state index contributed by atoms with van der Waals surface area (Å²) in [6.07, 6.45) is 5.45. The minimum Gasteiger partial charge on any atom is -0.400 e. The average Bonchev–Trinajstić information content (AvgIpc) is 3.16. The van der Waals surface area contributed by atoms with E-state index in [0.29, 0.717) is 0 Å². The molecule has 0 saturated carbocycles. The van der Waals surface area contributed by atoms with Crippen LogP contribution in [0.25, 0.3) is 0 Å². The van der Waals surface area contributed by atoms with Crippen LogP contribution >= 0.6 is 0 Å². The van der Waals surface area contributed by atoms with Crippen LogP contribution in [0.5, 0.6) is 0 Å². The molecule has 0 bridgehead atoms. The third-order valence-corrected chi connectivity index (χ3v) is 4.99. The second-order valence-electron chi connectivity index (χ2n) is 9.76. The smallest absolute Gasteiger partial charge is 0.237 e. The van der Waals surface area contributed by atoms with Crippen LogP contribution in [-0.2, 0) is 14.4 Å². The number of carbonyl (C=O) groups is 3. The van der Waals surface area contributed by atoms with Gasteiger partial charge in [-0.05, 0) is 58.7 Å². The molecule has 0 aromatic heterocycles. The van der Waals surface area contributed by atoms with Crippen molar-refractivity contribution >= 4 is 18.0 Å². The zero-order valence-corrected chi connectivity index (χ0v) is 24.0.